The Morgan fingerprint density at radius 2 is 2.20 bits per heavy atom. The second kappa shape index (κ2) is 3.73. The van der Waals surface area contributed by atoms with Crippen LogP contribution < -0.4 is 5.73 Å². The highest BCUT2D eigenvalue weighted by Crippen LogP contribution is 2.26. The molecule has 2 rings (SSSR count). The molecular weight excluding hydrogens is 188 g/mol. The van der Waals surface area contributed by atoms with Crippen molar-refractivity contribution in [3.8, 4) is 11.1 Å². The molecule has 15 heavy (non-hydrogen) atoms. The Balaban J connectivity index is 2.54. The van der Waals surface area contributed by atoms with Crippen LogP contribution in [-0.2, 0) is 6.54 Å². The molecule has 78 valence electrons. The lowest BCUT2D eigenvalue weighted by atomic mass is 10.1. The summed E-state index contributed by atoms with van der Waals surface area (Å²) in [5.41, 5.74) is 9.64. The number of aromatic nitrogens is 3. The number of nitrogens with two attached hydrogens (primary N) is 1. The fourth-order valence-corrected chi connectivity index (χ4v) is 1.60. The van der Waals surface area contributed by atoms with Gasteiger partial charge in [-0.2, -0.15) is 5.10 Å². The largest absolute Gasteiger partial charge is 0.397 e. The lowest BCUT2D eigenvalue weighted by molar-refractivity contribution is 0.653. The van der Waals surface area contributed by atoms with E-state index < -0.39 is 0 Å². The van der Waals surface area contributed by atoms with Crippen LogP contribution in [0.25, 0.3) is 11.1 Å². The highest BCUT2D eigenvalue weighted by Gasteiger charge is 2.08. The Labute approximate surface area is 88.8 Å². The van der Waals surface area contributed by atoms with Gasteiger partial charge in [0, 0.05) is 30.1 Å². The number of nitrogen functional groups attached to an aromatic ring is 1. The molecule has 0 spiro atoms. The van der Waals surface area contributed by atoms with Crippen molar-refractivity contribution in [3.63, 3.8) is 0 Å². The summed E-state index contributed by atoms with van der Waals surface area (Å²) in [7, 11) is 0. The first-order chi connectivity index (χ1) is 7.22. The van der Waals surface area contributed by atoms with Crippen molar-refractivity contribution in [1.82, 2.24) is 14.8 Å². The molecule has 2 aromatic rings. The summed E-state index contributed by atoms with van der Waals surface area (Å²) in [4.78, 5) is 3.97. The SMILES string of the molecule is CCn1cc(-c2ccncc2N)c(C)n1. The average Bonchev–Trinajstić information content (AvgIpc) is 2.60. The number of pyridine rings is 1. The zero-order chi connectivity index (χ0) is 10.8. The molecule has 0 amide bonds. The van der Waals surface area contributed by atoms with Crippen molar-refractivity contribution in [1.29, 1.82) is 0 Å². The standard InChI is InChI=1S/C11H14N4/c1-3-15-7-10(8(2)14-15)9-4-5-13-6-11(9)12/h4-7H,3,12H2,1-2H3. The number of rotatable bonds is 2. The maximum Gasteiger partial charge on any atom is 0.0672 e. The third-order valence-corrected chi connectivity index (χ3v) is 2.41. The minimum atomic E-state index is 0.691. The Hall–Kier alpha value is -1.84. The lowest BCUT2D eigenvalue weighted by Crippen LogP contribution is -1.93. The molecule has 2 heterocycles. The third kappa shape index (κ3) is 1.70. The van der Waals surface area contributed by atoms with Crippen LogP contribution in [0.4, 0.5) is 5.69 Å². The first-order valence-corrected chi connectivity index (χ1v) is 4.96. The Morgan fingerprint density at radius 1 is 1.40 bits per heavy atom. The van der Waals surface area contributed by atoms with E-state index in [1.807, 2.05) is 23.9 Å². The van der Waals surface area contributed by atoms with Gasteiger partial charge in [0.2, 0.25) is 0 Å². The number of hydrogen-bond acceptors (Lipinski definition) is 3. The van der Waals surface area contributed by atoms with Crippen LogP contribution in [0.2, 0.25) is 0 Å². The lowest BCUT2D eigenvalue weighted by Gasteiger charge is -2.01. The molecule has 0 atom stereocenters. The van der Waals surface area contributed by atoms with Crippen LogP contribution in [-0.4, -0.2) is 14.8 Å². The van der Waals surface area contributed by atoms with Crippen LogP contribution >= 0.6 is 0 Å². The second-order valence-corrected chi connectivity index (χ2v) is 3.45. The summed E-state index contributed by atoms with van der Waals surface area (Å²) in [6.45, 7) is 4.92. The summed E-state index contributed by atoms with van der Waals surface area (Å²) < 4.78 is 1.91. The van der Waals surface area contributed by atoms with Crippen molar-refractivity contribution < 1.29 is 0 Å². The fraction of sp³-hybridized carbons (Fsp3) is 0.273. The van der Waals surface area contributed by atoms with Gasteiger partial charge in [0.1, 0.15) is 0 Å². The summed E-state index contributed by atoms with van der Waals surface area (Å²) in [5.74, 6) is 0. The molecule has 0 radical (unpaired) electrons. The van der Waals surface area contributed by atoms with Gasteiger partial charge in [-0.25, -0.2) is 0 Å². The monoisotopic (exact) mass is 202 g/mol. The van der Waals surface area contributed by atoms with E-state index in [0.717, 1.165) is 23.4 Å². The molecule has 0 aliphatic rings. The van der Waals surface area contributed by atoms with E-state index in [1.54, 1.807) is 12.4 Å². The summed E-state index contributed by atoms with van der Waals surface area (Å²) >= 11 is 0. The van der Waals surface area contributed by atoms with Crippen LogP contribution in [0.15, 0.2) is 24.7 Å². The van der Waals surface area contributed by atoms with Crippen molar-refractivity contribution in [2.45, 2.75) is 20.4 Å². The normalized spacial score (nSPS) is 10.5. The molecule has 0 bridgehead atoms. The molecule has 4 heteroatoms. The predicted octanol–water partition coefficient (Wildman–Crippen LogP) is 1.86. The maximum absolute atomic E-state index is 5.87. The molecule has 2 N–H and O–H groups in total. The van der Waals surface area contributed by atoms with Crippen molar-refractivity contribution in [2.24, 2.45) is 0 Å². The van der Waals surface area contributed by atoms with Gasteiger partial charge in [0.25, 0.3) is 0 Å². The zero-order valence-corrected chi connectivity index (χ0v) is 8.94. The molecule has 0 aliphatic heterocycles. The number of anilines is 1. The van der Waals surface area contributed by atoms with Gasteiger partial charge < -0.3 is 5.73 Å². The van der Waals surface area contributed by atoms with Gasteiger partial charge in [0.05, 0.1) is 17.6 Å². The van der Waals surface area contributed by atoms with Crippen LogP contribution in [0, 0.1) is 6.92 Å². The summed E-state index contributed by atoms with van der Waals surface area (Å²) in [6, 6.07) is 1.92. The van der Waals surface area contributed by atoms with Crippen LogP contribution in [0.3, 0.4) is 0 Å². The summed E-state index contributed by atoms with van der Waals surface area (Å²) in [5, 5.41) is 4.39. The molecule has 2 aromatic heterocycles. The molecule has 0 saturated carbocycles. The van der Waals surface area contributed by atoms with E-state index >= 15 is 0 Å². The van der Waals surface area contributed by atoms with E-state index in [-0.39, 0.29) is 0 Å². The van der Waals surface area contributed by atoms with Crippen LogP contribution in [0.5, 0.6) is 0 Å². The second-order valence-electron chi connectivity index (χ2n) is 3.45. The third-order valence-electron chi connectivity index (χ3n) is 2.41. The minimum Gasteiger partial charge on any atom is -0.397 e. The molecule has 0 fully saturated rings. The van der Waals surface area contributed by atoms with Gasteiger partial charge in [-0.3, -0.25) is 9.67 Å². The first kappa shape index (κ1) is 9.71. The van der Waals surface area contributed by atoms with Gasteiger partial charge in [-0.05, 0) is 19.9 Å². The van der Waals surface area contributed by atoms with Crippen molar-refractivity contribution >= 4 is 5.69 Å². The Morgan fingerprint density at radius 3 is 2.80 bits per heavy atom. The Bertz CT molecular complexity index is 473. The highest BCUT2D eigenvalue weighted by molar-refractivity contribution is 5.76. The van der Waals surface area contributed by atoms with E-state index in [0.29, 0.717) is 5.69 Å². The van der Waals surface area contributed by atoms with E-state index in [2.05, 4.69) is 17.0 Å². The first-order valence-electron chi connectivity index (χ1n) is 4.96. The van der Waals surface area contributed by atoms with Gasteiger partial charge in [-0.1, -0.05) is 0 Å². The van der Waals surface area contributed by atoms with Gasteiger partial charge in [0.15, 0.2) is 0 Å². The molecular formula is C11H14N4. The van der Waals surface area contributed by atoms with E-state index in [1.165, 1.54) is 0 Å². The highest BCUT2D eigenvalue weighted by atomic mass is 15.3. The average molecular weight is 202 g/mol. The van der Waals surface area contributed by atoms with Crippen LogP contribution in [0.1, 0.15) is 12.6 Å². The summed E-state index contributed by atoms with van der Waals surface area (Å²) in [6.07, 6.45) is 5.42. The fourth-order valence-electron chi connectivity index (χ4n) is 1.60. The minimum absolute atomic E-state index is 0.691. The van der Waals surface area contributed by atoms with Gasteiger partial charge >= 0.3 is 0 Å². The Kier molecular flexibility index (Phi) is 2.41. The van der Waals surface area contributed by atoms with Gasteiger partial charge in [-0.15, -0.1) is 0 Å². The molecule has 0 aliphatic carbocycles. The zero-order valence-electron chi connectivity index (χ0n) is 8.94. The maximum atomic E-state index is 5.87. The number of nitrogens with zero attached hydrogens (tertiary/aromatic N) is 3. The predicted molar refractivity (Wildman–Crippen MR) is 60.3 cm³/mol. The number of hydrogen-bond donors (Lipinski definition) is 1. The smallest absolute Gasteiger partial charge is 0.0672 e. The molecule has 4 nitrogen and oxygen atoms in total. The van der Waals surface area contributed by atoms with E-state index in [4.69, 9.17) is 5.73 Å². The van der Waals surface area contributed by atoms with Crippen molar-refractivity contribution in [2.75, 3.05) is 5.73 Å². The quantitative estimate of drug-likeness (QED) is 0.808. The topological polar surface area (TPSA) is 56.7 Å². The van der Waals surface area contributed by atoms with E-state index in [9.17, 15) is 0 Å². The molecule has 0 unspecified atom stereocenters. The number of aryl methyl sites for hydroxylation is 2. The van der Waals surface area contributed by atoms with Crippen molar-refractivity contribution in [3.05, 3.63) is 30.4 Å². The molecule has 0 aromatic carbocycles. The molecule has 0 saturated heterocycles.